The Morgan fingerprint density at radius 2 is 0.662 bits per heavy atom. The second-order valence-electron chi connectivity index (χ2n) is 19.8. The fraction of sp³-hybridized carbons (Fsp3) is 0.758. The van der Waals surface area contributed by atoms with E-state index in [2.05, 4.69) is 93.7 Å². The van der Waals surface area contributed by atoms with Gasteiger partial charge in [-0.2, -0.15) is 0 Å². The van der Waals surface area contributed by atoms with E-state index < -0.39 is 57.8 Å². The molecule has 74 heavy (non-hydrogen) atoms. The van der Waals surface area contributed by atoms with Crippen molar-refractivity contribution in [1.29, 1.82) is 0 Å². The summed E-state index contributed by atoms with van der Waals surface area (Å²) in [7, 11) is -4.75. The highest BCUT2D eigenvalue weighted by atomic mass is 31.2. The Kier molecular flexibility index (Phi) is 53.8. The monoisotopic (exact) mass is 1060 g/mol. The van der Waals surface area contributed by atoms with Gasteiger partial charge in [0.05, 0.1) is 19.8 Å². The van der Waals surface area contributed by atoms with Crippen LogP contribution in [0.3, 0.4) is 0 Å². The third-order valence-corrected chi connectivity index (χ3v) is 13.6. The van der Waals surface area contributed by atoms with Gasteiger partial charge in [-0.1, -0.05) is 222 Å². The Morgan fingerprint density at radius 1 is 0.378 bits per heavy atom. The zero-order chi connectivity index (χ0) is 54.1. The van der Waals surface area contributed by atoms with E-state index in [9.17, 15) is 28.9 Å². The second kappa shape index (κ2) is 56.1. The lowest BCUT2D eigenvalue weighted by atomic mass is 10.1. The Bertz CT molecular complexity index is 1520. The van der Waals surface area contributed by atoms with Gasteiger partial charge < -0.3 is 24.2 Å². The molecule has 0 amide bonds. The Morgan fingerprint density at radius 3 is 1.04 bits per heavy atom. The molecule has 0 radical (unpaired) electrons. The number of carbonyl (C=O) groups is 3. The summed E-state index contributed by atoms with van der Waals surface area (Å²) in [5.41, 5.74) is 0. The molecule has 0 saturated carbocycles. The quantitative estimate of drug-likeness (QED) is 0.0197. The zero-order valence-electron chi connectivity index (χ0n) is 47.3. The van der Waals surface area contributed by atoms with Crippen molar-refractivity contribution in [3.8, 4) is 0 Å². The molecule has 11 nitrogen and oxygen atoms in total. The van der Waals surface area contributed by atoms with Crippen LogP contribution in [0.25, 0.3) is 0 Å². The molecule has 0 heterocycles. The minimum atomic E-state index is -4.75. The van der Waals surface area contributed by atoms with Gasteiger partial charge in [-0.3, -0.25) is 23.4 Å². The molecule has 0 bridgehead atoms. The summed E-state index contributed by atoms with van der Waals surface area (Å²) in [4.78, 5) is 48.5. The van der Waals surface area contributed by atoms with Crippen molar-refractivity contribution >= 4 is 25.7 Å². The average molecular weight is 1060 g/mol. The van der Waals surface area contributed by atoms with Crippen molar-refractivity contribution in [2.45, 2.75) is 277 Å². The smallest absolute Gasteiger partial charge is 0.462 e. The highest BCUT2D eigenvalue weighted by molar-refractivity contribution is 7.47. The number of phosphoric acid groups is 1. The molecular formula is C62H109O11P. The molecule has 0 aliphatic rings. The summed E-state index contributed by atoms with van der Waals surface area (Å²) in [5.74, 6) is -1.49. The molecule has 3 unspecified atom stereocenters. The number of carbonyl (C=O) groups excluding carboxylic acids is 3. The van der Waals surface area contributed by atoms with Crippen LogP contribution in [-0.4, -0.2) is 66.5 Å². The number of phosphoric ester groups is 1. The van der Waals surface area contributed by atoms with Crippen LogP contribution in [0.5, 0.6) is 0 Å². The lowest BCUT2D eigenvalue weighted by Crippen LogP contribution is -2.30. The third kappa shape index (κ3) is 53.7. The summed E-state index contributed by atoms with van der Waals surface area (Å²) in [5, 5.41) is 9.78. The van der Waals surface area contributed by atoms with Crippen LogP contribution < -0.4 is 0 Å². The first-order valence-corrected chi connectivity index (χ1v) is 31.3. The molecule has 0 aromatic carbocycles. The number of aliphatic hydroxyl groups is 1. The van der Waals surface area contributed by atoms with Crippen molar-refractivity contribution in [2.75, 3.05) is 26.4 Å². The molecule has 0 aliphatic heterocycles. The molecule has 0 rings (SSSR count). The predicted molar refractivity (Wildman–Crippen MR) is 307 cm³/mol. The maximum Gasteiger partial charge on any atom is 0.472 e. The van der Waals surface area contributed by atoms with Gasteiger partial charge >= 0.3 is 25.7 Å². The molecule has 0 aliphatic carbocycles. The number of esters is 3. The van der Waals surface area contributed by atoms with Gasteiger partial charge in [-0.15, -0.1) is 0 Å². The molecule has 0 spiro atoms. The van der Waals surface area contributed by atoms with Crippen LogP contribution >= 0.6 is 7.82 Å². The van der Waals surface area contributed by atoms with Crippen molar-refractivity contribution in [2.24, 2.45) is 0 Å². The maximum atomic E-state index is 12.9. The van der Waals surface area contributed by atoms with Gasteiger partial charge in [0.25, 0.3) is 0 Å². The number of aliphatic hydroxyl groups excluding tert-OH is 1. The van der Waals surface area contributed by atoms with Gasteiger partial charge in [0.15, 0.2) is 6.10 Å². The zero-order valence-corrected chi connectivity index (χ0v) is 48.2. The standard InChI is InChI=1S/C62H109O11P/c1-4-7-10-13-16-19-21-23-25-27-29-31-33-35-37-40-42-45-48-51-60(64)69-55-59(57-71-74(67,68)70-56-58(54-63)72-61(65)52-49-46-43-39-18-15-12-9-6-3)73-62(66)53-50-47-44-41-38-36-34-32-30-28-26-24-22-20-17-14-11-8-5-2/h16-17,19-20,23-26,29-32,58-59,63H,4-15,18,21-22,27-28,33-57H2,1-3H3,(H,67,68)/b19-16-,20-17-,25-23-,26-24-,31-29-,32-30-. The number of hydrogen-bond acceptors (Lipinski definition) is 10. The van der Waals surface area contributed by atoms with Crippen LogP contribution in [0.2, 0.25) is 0 Å². The highest BCUT2D eigenvalue weighted by Crippen LogP contribution is 2.43. The van der Waals surface area contributed by atoms with E-state index in [-0.39, 0.29) is 25.9 Å². The van der Waals surface area contributed by atoms with Gasteiger partial charge in [0, 0.05) is 19.3 Å². The molecule has 2 N–H and O–H groups in total. The van der Waals surface area contributed by atoms with Crippen LogP contribution in [0, 0.1) is 0 Å². The fourth-order valence-electron chi connectivity index (χ4n) is 8.02. The molecule has 0 fully saturated rings. The van der Waals surface area contributed by atoms with E-state index in [0.717, 1.165) is 122 Å². The van der Waals surface area contributed by atoms with Crippen LogP contribution in [0.15, 0.2) is 72.9 Å². The largest absolute Gasteiger partial charge is 0.472 e. The van der Waals surface area contributed by atoms with E-state index in [1.165, 1.54) is 83.5 Å². The molecule has 0 saturated heterocycles. The number of hydrogen-bond donors (Lipinski definition) is 2. The first kappa shape index (κ1) is 70.9. The summed E-state index contributed by atoms with van der Waals surface area (Å²) in [6.07, 6.45) is 62.9. The fourth-order valence-corrected chi connectivity index (χ4v) is 8.80. The van der Waals surface area contributed by atoms with E-state index in [1.54, 1.807) is 0 Å². The third-order valence-electron chi connectivity index (χ3n) is 12.6. The Hall–Kier alpha value is -3.08. The van der Waals surface area contributed by atoms with Crippen LogP contribution in [0.4, 0.5) is 0 Å². The topological polar surface area (TPSA) is 155 Å². The molecular weight excluding hydrogens is 952 g/mol. The van der Waals surface area contributed by atoms with Crippen molar-refractivity contribution in [1.82, 2.24) is 0 Å². The number of allylic oxidation sites excluding steroid dienone is 12. The van der Waals surface area contributed by atoms with E-state index in [1.807, 2.05) is 0 Å². The van der Waals surface area contributed by atoms with Crippen molar-refractivity contribution < 1.29 is 52.2 Å². The van der Waals surface area contributed by atoms with Gasteiger partial charge in [0.1, 0.15) is 12.7 Å². The van der Waals surface area contributed by atoms with Crippen molar-refractivity contribution in [3.05, 3.63) is 72.9 Å². The van der Waals surface area contributed by atoms with Crippen molar-refractivity contribution in [3.63, 3.8) is 0 Å². The first-order chi connectivity index (χ1) is 36.2. The second-order valence-corrected chi connectivity index (χ2v) is 21.3. The maximum absolute atomic E-state index is 12.9. The van der Waals surface area contributed by atoms with E-state index in [0.29, 0.717) is 19.3 Å². The van der Waals surface area contributed by atoms with Gasteiger partial charge in [-0.05, 0) is 96.3 Å². The minimum absolute atomic E-state index is 0.149. The lowest BCUT2D eigenvalue weighted by Gasteiger charge is -2.21. The summed E-state index contributed by atoms with van der Waals surface area (Å²) >= 11 is 0. The number of unbranched alkanes of at least 4 members (excludes halogenated alkanes) is 26. The lowest BCUT2D eigenvalue weighted by molar-refractivity contribution is -0.161. The van der Waals surface area contributed by atoms with Gasteiger partial charge in [-0.25, -0.2) is 4.57 Å². The van der Waals surface area contributed by atoms with Gasteiger partial charge in [0.2, 0.25) is 0 Å². The molecule has 428 valence electrons. The Labute approximate surface area is 452 Å². The molecule has 12 heteroatoms. The average Bonchev–Trinajstić information content (AvgIpc) is 3.39. The Balaban J connectivity index is 4.75. The highest BCUT2D eigenvalue weighted by Gasteiger charge is 2.28. The van der Waals surface area contributed by atoms with Crippen LogP contribution in [-0.2, 0) is 42.2 Å². The van der Waals surface area contributed by atoms with E-state index >= 15 is 0 Å². The summed E-state index contributed by atoms with van der Waals surface area (Å²) < 4.78 is 39.5. The minimum Gasteiger partial charge on any atom is -0.462 e. The molecule has 0 aromatic rings. The van der Waals surface area contributed by atoms with Crippen LogP contribution in [0.1, 0.15) is 265 Å². The number of ether oxygens (including phenoxy) is 3. The summed E-state index contributed by atoms with van der Waals surface area (Å²) in [6.45, 7) is 4.55. The summed E-state index contributed by atoms with van der Waals surface area (Å²) in [6, 6.07) is 0. The van der Waals surface area contributed by atoms with E-state index in [4.69, 9.17) is 23.3 Å². The molecule has 0 aromatic heterocycles. The normalized spacial score (nSPS) is 13.9. The number of rotatable bonds is 55. The molecule has 3 atom stereocenters. The first-order valence-electron chi connectivity index (χ1n) is 29.8. The SMILES string of the molecule is CCCCC/C=C\C/C=C\C/C=C\CCCCCCCCC(=O)OCC(COP(=O)(O)OCC(CO)OC(=O)CCCCCCCCCCC)OC(=O)CCCCCCCC/C=C\C/C=C\C/C=C\CCCCC. The predicted octanol–water partition coefficient (Wildman–Crippen LogP) is 17.7.